The zero-order valence-electron chi connectivity index (χ0n) is 11.4. The first-order chi connectivity index (χ1) is 10.3. The monoisotopic (exact) mass is 290 g/mol. The predicted octanol–water partition coefficient (Wildman–Crippen LogP) is 4.96. The molecule has 0 atom stereocenters. The Kier molecular flexibility index (Phi) is 3.75. The van der Waals surface area contributed by atoms with Crippen LogP contribution in [0.5, 0.6) is 0 Å². The van der Waals surface area contributed by atoms with Gasteiger partial charge in [0.15, 0.2) is 0 Å². The largest absolute Gasteiger partial charge is 0.396 e. The Morgan fingerprint density at radius 3 is 1.67 bits per heavy atom. The average molecular weight is 290 g/mol. The van der Waals surface area contributed by atoms with E-state index in [1.54, 1.807) is 0 Å². The molecule has 0 amide bonds. The maximum absolute atomic E-state index is 6.30. The SMILES string of the molecule is Nc1c(-c2ccccc2)ccc(-c2ccccc2)c1N=S. The van der Waals surface area contributed by atoms with Gasteiger partial charge in [-0.15, -0.1) is 0 Å². The zero-order valence-corrected chi connectivity index (χ0v) is 12.2. The molecule has 0 fully saturated rings. The van der Waals surface area contributed by atoms with Gasteiger partial charge >= 0.3 is 0 Å². The van der Waals surface area contributed by atoms with Crippen LogP contribution in [-0.4, -0.2) is 0 Å². The minimum absolute atomic E-state index is 0.623. The Balaban J connectivity index is 2.19. The third-order valence-corrected chi connectivity index (χ3v) is 3.66. The van der Waals surface area contributed by atoms with Gasteiger partial charge in [-0.2, -0.15) is 4.36 Å². The first-order valence-electron chi connectivity index (χ1n) is 6.68. The lowest BCUT2D eigenvalue weighted by atomic mass is 9.96. The number of nitrogen functional groups attached to an aromatic ring is 1. The fraction of sp³-hybridized carbons (Fsp3) is 0. The fourth-order valence-electron chi connectivity index (χ4n) is 2.43. The minimum atomic E-state index is 0.623. The molecule has 3 aromatic carbocycles. The molecule has 2 N–H and O–H groups in total. The smallest absolute Gasteiger partial charge is 0.108 e. The standard InChI is InChI=1S/C18H14N2S/c19-17-15(13-7-3-1-4-8-13)11-12-16(18(17)20-21)14-9-5-2-6-10-14/h1-12H,19H2. The van der Waals surface area contributed by atoms with E-state index >= 15 is 0 Å². The van der Waals surface area contributed by atoms with Crippen LogP contribution in [0.2, 0.25) is 0 Å². The molecule has 3 heteroatoms. The lowest BCUT2D eigenvalue weighted by Crippen LogP contribution is -1.93. The van der Waals surface area contributed by atoms with Crippen LogP contribution in [-0.2, 0) is 12.4 Å². The van der Waals surface area contributed by atoms with Crippen molar-refractivity contribution in [2.75, 3.05) is 5.73 Å². The fourth-order valence-corrected chi connectivity index (χ4v) is 2.62. The van der Waals surface area contributed by atoms with Crippen molar-refractivity contribution < 1.29 is 0 Å². The second-order valence-electron chi connectivity index (χ2n) is 4.75. The number of nitrogens with zero attached hydrogens (tertiary/aromatic N) is 1. The van der Waals surface area contributed by atoms with Crippen LogP contribution in [0.3, 0.4) is 0 Å². The van der Waals surface area contributed by atoms with Gasteiger partial charge in [0, 0.05) is 23.6 Å². The van der Waals surface area contributed by atoms with Crippen LogP contribution in [0.4, 0.5) is 11.4 Å². The van der Waals surface area contributed by atoms with E-state index in [0.717, 1.165) is 22.3 Å². The van der Waals surface area contributed by atoms with Crippen molar-refractivity contribution in [3.05, 3.63) is 72.8 Å². The van der Waals surface area contributed by atoms with Gasteiger partial charge in [-0.25, -0.2) is 0 Å². The topological polar surface area (TPSA) is 38.4 Å². The molecule has 0 aromatic heterocycles. The Morgan fingerprint density at radius 1 is 0.667 bits per heavy atom. The Hall–Kier alpha value is -2.52. The van der Waals surface area contributed by atoms with Crippen molar-refractivity contribution in [3.8, 4) is 22.3 Å². The highest BCUT2D eigenvalue weighted by Gasteiger charge is 2.12. The van der Waals surface area contributed by atoms with E-state index in [2.05, 4.69) is 4.36 Å². The number of hydrogen-bond acceptors (Lipinski definition) is 3. The molecule has 0 saturated carbocycles. The molecule has 21 heavy (non-hydrogen) atoms. The minimum Gasteiger partial charge on any atom is -0.396 e. The Bertz CT molecular complexity index is 768. The highest BCUT2D eigenvalue weighted by Crippen LogP contribution is 2.40. The van der Waals surface area contributed by atoms with Crippen molar-refractivity contribution in [1.82, 2.24) is 0 Å². The second-order valence-corrected chi connectivity index (χ2v) is 4.93. The van der Waals surface area contributed by atoms with Gasteiger partial charge in [-0.05, 0) is 11.1 Å². The summed E-state index contributed by atoms with van der Waals surface area (Å²) in [5.41, 5.74) is 11.6. The van der Waals surface area contributed by atoms with E-state index in [9.17, 15) is 0 Å². The molecule has 2 nitrogen and oxygen atoms in total. The van der Waals surface area contributed by atoms with Crippen molar-refractivity contribution in [1.29, 1.82) is 0 Å². The summed E-state index contributed by atoms with van der Waals surface area (Å²) in [6, 6.07) is 24.1. The molecule has 0 unspecified atom stereocenters. The lowest BCUT2D eigenvalue weighted by molar-refractivity contribution is 1.52. The number of rotatable bonds is 3. The van der Waals surface area contributed by atoms with Crippen LogP contribution < -0.4 is 5.73 Å². The molecule has 3 rings (SSSR count). The first-order valence-corrected chi connectivity index (χ1v) is 7.04. The number of hydrogen-bond donors (Lipinski definition) is 1. The number of nitrogens with two attached hydrogens (primary N) is 1. The molecule has 0 aliphatic heterocycles. The van der Waals surface area contributed by atoms with E-state index in [4.69, 9.17) is 18.2 Å². The third kappa shape index (κ3) is 2.56. The quantitative estimate of drug-likeness (QED) is 0.692. The first kappa shape index (κ1) is 13.5. The molecule has 0 aliphatic rings. The van der Waals surface area contributed by atoms with Gasteiger partial charge in [0.05, 0.1) is 5.69 Å². The van der Waals surface area contributed by atoms with Crippen molar-refractivity contribution in [2.24, 2.45) is 4.36 Å². The van der Waals surface area contributed by atoms with E-state index in [-0.39, 0.29) is 0 Å². The van der Waals surface area contributed by atoms with Crippen LogP contribution in [0, 0.1) is 0 Å². The number of benzene rings is 3. The molecule has 0 bridgehead atoms. The summed E-state index contributed by atoms with van der Waals surface area (Å²) in [5, 5.41) is 0. The summed E-state index contributed by atoms with van der Waals surface area (Å²) >= 11 is 4.95. The maximum Gasteiger partial charge on any atom is 0.108 e. The van der Waals surface area contributed by atoms with Gasteiger partial charge < -0.3 is 5.73 Å². The predicted molar refractivity (Wildman–Crippen MR) is 91.2 cm³/mol. The highest BCUT2D eigenvalue weighted by molar-refractivity contribution is 7.47. The summed E-state index contributed by atoms with van der Waals surface area (Å²) in [7, 11) is 0. The highest BCUT2D eigenvalue weighted by atomic mass is 32.1. The zero-order chi connectivity index (χ0) is 14.7. The summed E-state index contributed by atoms with van der Waals surface area (Å²) in [5.74, 6) is 0. The average Bonchev–Trinajstić information content (AvgIpc) is 2.56. The normalized spacial score (nSPS) is 10.3. The van der Waals surface area contributed by atoms with Crippen LogP contribution >= 0.6 is 0 Å². The van der Waals surface area contributed by atoms with E-state index in [1.807, 2.05) is 72.8 Å². The lowest BCUT2D eigenvalue weighted by Gasteiger charge is -2.12. The summed E-state index contributed by atoms with van der Waals surface area (Å²) in [6.07, 6.45) is 0. The van der Waals surface area contributed by atoms with Crippen molar-refractivity contribution in [2.45, 2.75) is 0 Å². The second kappa shape index (κ2) is 5.85. The van der Waals surface area contributed by atoms with Gasteiger partial charge in [0.25, 0.3) is 0 Å². The van der Waals surface area contributed by atoms with Crippen molar-refractivity contribution in [3.63, 3.8) is 0 Å². The van der Waals surface area contributed by atoms with E-state index < -0.39 is 0 Å². The maximum atomic E-state index is 6.30. The van der Waals surface area contributed by atoms with Crippen LogP contribution in [0.1, 0.15) is 0 Å². The Labute approximate surface area is 129 Å². The van der Waals surface area contributed by atoms with Crippen molar-refractivity contribution >= 4 is 23.8 Å². The molecule has 0 aliphatic carbocycles. The molecular formula is C18H14N2S. The molecule has 0 heterocycles. The molecular weight excluding hydrogens is 276 g/mol. The molecule has 0 radical (unpaired) electrons. The molecule has 0 saturated heterocycles. The summed E-state index contributed by atoms with van der Waals surface area (Å²) in [6.45, 7) is 0. The van der Waals surface area contributed by atoms with Gasteiger partial charge in [-0.1, -0.05) is 72.8 Å². The van der Waals surface area contributed by atoms with Crippen LogP contribution in [0.25, 0.3) is 22.3 Å². The molecule has 3 aromatic rings. The number of anilines is 1. The van der Waals surface area contributed by atoms with Gasteiger partial charge in [0.1, 0.15) is 5.69 Å². The summed E-state index contributed by atoms with van der Waals surface area (Å²) in [4.78, 5) is 0. The molecule has 0 spiro atoms. The third-order valence-electron chi connectivity index (χ3n) is 3.48. The Morgan fingerprint density at radius 2 is 1.14 bits per heavy atom. The molecule has 102 valence electrons. The van der Waals surface area contributed by atoms with Gasteiger partial charge in [0.2, 0.25) is 0 Å². The summed E-state index contributed by atoms with van der Waals surface area (Å²) < 4.78 is 3.99. The van der Waals surface area contributed by atoms with E-state index in [1.165, 1.54) is 0 Å². The van der Waals surface area contributed by atoms with E-state index in [0.29, 0.717) is 11.4 Å². The van der Waals surface area contributed by atoms with Gasteiger partial charge in [-0.3, -0.25) is 0 Å². The van der Waals surface area contributed by atoms with Crippen LogP contribution in [0.15, 0.2) is 77.2 Å².